The molecule has 3 aliphatic heterocycles. The second kappa shape index (κ2) is 8.04. The molecular weight excluding hydrogens is 477 g/mol. The van der Waals surface area contributed by atoms with Crippen LogP contribution >= 0.6 is 23.2 Å². The molecule has 6 rings (SSSR count). The molecule has 34 heavy (non-hydrogen) atoms. The molecule has 0 bridgehead atoms. The Morgan fingerprint density at radius 2 is 1.94 bits per heavy atom. The Hall–Kier alpha value is -2.48. The highest BCUT2D eigenvalue weighted by Crippen LogP contribution is 2.47. The number of aryl methyl sites for hydroxylation is 1. The summed E-state index contributed by atoms with van der Waals surface area (Å²) in [6.07, 6.45) is 4.22. The van der Waals surface area contributed by atoms with Crippen LogP contribution in [0, 0.1) is 12.3 Å². The molecule has 0 unspecified atom stereocenters. The van der Waals surface area contributed by atoms with E-state index in [1.54, 1.807) is 11.2 Å². The van der Waals surface area contributed by atoms with Crippen LogP contribution in [0.3, 0.4) is 0 Å². The van der Waals surface area contributed by atoms with E-state index < -0.39 is 0 Å². The van der Waals surface area contributed by atoms with Gasteiger partial charge in [-0.15, -0.1) is 0 Å². The number of carbonyl (C=O) groups is 1. The Kier molecular flexibility index (Phi) is 5.20. The number of halogens is 2. The minimum Gasteiger partial charge on any atom is -0.464 e. The molecule has 9 heteroatoms. The predicted octanol–water partition coefficient (Wildman–Crippen LogP) is 4.55. The number of nitrogens with zero attached hydrogens (tertiary/aromatic N) is 2. The molecule has 3 aliphatic rings. The van der Waals surface area contributed by atoms with Gasteiger partial charge in [0.25, 0.3) is 11.5 Å². The topological polar surface area (TPSA) is 78.8 Å². The van der Waals surface area contributed by atoms with E-state index in [9.17, 15) is 9.59 Å². The van der Waals surface area contributed by atoms with Crippen molar-refractivity contribution in [1.29, 1.82) is 0 Å². The van der Waals surface area contributed by atoms with E-state index in [-0.39, 0.29) is 23.4 Å². The zero-order valence-corrected chi connectivity index (χ0v) is 20.4. The van der Waals surface area contributed by atoms with Gasteiger partial charge in [-0.05, 0) is 43.9 Å². The number of carbonyl (C=O) groups excluding carboxylic acids is 1. The fraction of sp³-hybridized carbons (Fsp3) is 0.440. The summed E-state index contributed by atoms with van der Waals surface area (Å²) in [5, 5.41) is 1.84. The number of H-pyrrole nitrogens is 1. The normalized spacial score (nSPS) is 19.6. The molecule has 3 aromatic rings. The maximum Gasteiger partial charge on any atom is 0.256 e. The second-order valence-electron chi connectivity index (χ2n) is 9.71. The van der Waals surface area contributed by atoms with Crippen LogP contribution in [0.5, 0.6) is 0 Å². The number of aromatic nitrogens is 1. The average Bonchev–Trinajstić information content (AvgIpc) is 3.29. The first kappa shape index (κ1) is 22.0. The molecular formula is C25H25Cl2N3O4. The molecule has 5 heterocycles. The quantitative estimate of drug-likeness (QED) is 0.569. The van der Waals surface area contributed by atoms with Crippen molar-refractivity contribution in [2.45, 2.75) is 32.7 Å². The monoisotopic (exact) mass is 501 g/mol. The van der Waals surface area contributed by atoms with Gasteiger partial charge in [-0.25, -0.2) is 0 Å². The number of rotatable bonds is 3. The molecule has 0 radical (unpaired) electrons. The van der Waals surface area contributed by atoms with Gasteiger partial charge in [-0.3, -0.25) is 9.59 Å². The van der Waals surface area contributed by atoms with Crippen molar-refractivity contribution in [2.24, 2.45) is 5.41 Å². The van der Waals surface area contributed by atoms with E-state index in [4.69, 9.17) is 32.4 Å². The third kappa shape index (κ3) is 3.36. The van der Waals surface area contributed by atoms with E-state index in [2.05, 4.69) is 9.88 Å². The molecule has 1 amide bonds. The average molecular weight is 502 g/mol. The number of furan rings is 1. The Morgan fingerprint density at radius 3 is 2.71 bits per heavy atom. The molecule has 7 nitrogen and oxygen atoms in total. The number of pyridine rings is 1. The lowest BCUT2D eigenvalue weighted by Crippen LogP contribution is -2.58. The lowest BCUT2D eigenvalue weighted by Gasteiger charge is -2.53. The van der Waals surface area contributed by atoms with Gasteiger partial charge in [0.15, 0.2) is 0 Å². The van der Waals surface area contributed by atoms with Crippen molar-refractivity contribution in [2.75, 3.05) is 37.7 Å². The van der Waals surface area contributed by atoms with Gasteiger partial charge >= 0.3 is 0 Å². The fourth-order valence-corrected chi connectivity index (χ4v) is 6.31. The minimum atomic E-state index is -0.251. The zero-order valence-electron chi connectivity index (χ0n) is 18.9. The Bertz CT molecular complexity index is 1360. The lowest BCUT2D eigenvalue weighted by molar-refractivity contribution is -0.000186. The van der Waals surface area contributed by atoms with Crippen LogP contribution in [0.4, 0.5) is 5.69 Å². The van der Waals surface area contributed by atoms with Gasteiger partial charge in [0.2, 0.25) is 0 Å². The van der Waals surface area contributed by atoms with Crippen LogP contribution < -0.4 is 10.5 Å². The van der Waals surface area contributed by atoms with Crippen molar-refractivity contribution < 1.29 is 13.9 Å². The fourth-order valence-electron chi connectivity index (χ4n) is 5.65. The van der Waals surface area contributed by atoms with Gasteiger partial charge in [-0.1, -0.05) is 23.2 Å². The first-order chi connectivity index (χ1) is 16.4. The maximum atomic E-state index is 13.6. The van der Waals surface area contributed by atoms with Crippen LogP contribution in [0.15, 0.2) is 27.6 Å². The summed E-state index contributed by atoms with van der Waals surface area (Å²) >= 11 is 13.5. The molecule has 1 spiro atoms. The largest absolute Gasteiger partial charge is 0.464 e. The van der Waals surface area contributed by atoms with Gasteiger partial charge in [0.1, 0.15) is 5.58 Å². The van der Waals surface area contributed by atoms with Crippen LogP contribution in [0.25, 0.3) is 11.0 Å². The number of aromatic amines is 1. The van der Waals surface area contributed by atoms with Gasteiger partial charge in [0, 0.05) is 54.4 Å². The number of fused-ring (bicyclic) bond motifs is 2. The van der Waals surface area contributed by atoms with Crippen molar-refractivity contribution in [3.05, 3.63) is 61.2 Å². The standard InChI is InChI=1S/C25H25Cl2N3O4/c1-14-15-3-7-34-22(15)17(23(31)28-14)11-29-6-2-16-18(26)10-19(21(27)20(16)24(29)32)30-12-25(13-30)4-8-33-9-5-25/h3,7,10H,2,4-6,8-9,11-13H2,1H3,(H,28,31). The van der Waals surface area contributed by atoms with Crippen LogP contribution in [-0.4, -0.2) is 48.6 Å². The third-order valence-electron chi connectivity index (χ3n) is 7.64. The van der Waals surface area contributed by atoms with E-state index in [0.717, 1.165) is 61.5 Å². The summed E-state index contributed by atoms with van der Waals surface area (Å²) in [7, 11) is 0. The lowest BCUT2D eigenvalue weighted by atomic mass is 9.73. The summed E-state index contributed by atoms with van der Waals surface area (Å²) in [6.45, 7) is 5.78. The molecule has 178 valence electrons. The summed E-state index contributed by atoms with van der Waals surface area (Å²) in [4.78, 5) is 33.1. The summed E-state index contributed by atoms with van der Waals surface area (Å²) < 4.78 is 11.1. The SMILES string of the molecule is Cc1[nH]c(=O)c(CN2CCc3c(Cl)cc(N4CC5(CCOCC5)C4)c(Cl)c3C2=O)c2occc12. The number of hydrogen-bond donors (Lipinski definition) is 1. The summed E-state index contributed by atoms with van der Waals surface area (Å²) in [5.41, 5.74) is 3.73. The number of nitrogens with one attached hydrogen (secondary N) is 1. The number of anilines is 1. The molecule has 0 saturated carbocycles. The number of hydrogen-bond acceptors (Lipinski definition) is 5. The number of ether oxygens (including phenoxy) is 1. The smallest absolute Gasteiger partial charge is 0.256 e. The summed E-state index contributed by atoms with van der Waals surface area (Å²) in [5.74, 6) is -0.212. The molecule has 2 saturated heterocycles. The Morgan fingerprint density at radius 1 is 1.18 bits per heavy atom. The van der Waals surface area contributed by atoms with Crippen molar-refractivity contribution in [3.8, 4) is 0 Å². The van der Waals surface area contributed by atoms with E-state index in [1.165, 1.54) is 0 Å². The highest BCUT2D eigenvalue weighted by Gasteiger charge is 2.45. The molecule has 2 fully saturated rings. The predicted molar refractivity (Wildman–Crippen MR) is 131 cm³/mol. The van der Waals surface area contributed by atoms with Crippen molar-refractivity contribution >= 4 is 45.8 Å². The first-order valence-corrected chi connectivity index (χ1v) is 12.3. The maximum absolute atomic E-state index is 13.6. The van der Waals surface area contributed by atoms with Crippen molar-refractivity contribution in [3.63, 3.8) is 0 Å². The highest BCUT2D eigenvalue weighted by molar-refractivity contribution is 6.39. The molecule has 1 N–H and O–H groups in total. The summed E-state index contributed by atoms with van der Waals surface area (Å²) in [6, 6.07) is 3.72. The van der Waals surface area contributed by atoms with E-state index in [1.807, 2.05) is 19.1 Å². The minimum absolute atomic E-state index is 0.142. The Labute approximate surface area is 206 Å². The molecule has 0 aliphatic carbocycles. The third-order valence-corrected chi connectivity index (χ3v) is 8.36. The Balaban J connectivity index is 1.32. The van der Waals surface area contributed by atoms with Gasteiger partial charge in [-0.2, -0.15) is 0 Å². The zero-order chi connectivity index (χ0) is 23.6. The second-order valence-corrected chi connectivity index (χ2v) is 10.5. The van der Waals surface area contributed by atoms with E-state index in [0.29, 0.717) is 39.7 Å². The number of benzene rings is 1. The highest BCUT2D eigenvalue weighted by atomic mass is 35.5. The van der Waals surface area contributed by atoms with Crippen LogP contribution in [0.1, 0.15) is 40.0 Å². The number of amides is 1. The molecule has 2 aromatic heterocycles. The molecule has 1 aromatic carbocycles. The van der Waals surface area contributed by atoms with E-state index >= 15 is 0 Å². The molecule has 0 atom stereocenters. The van der Waals surface area contributed by atoms with Crippen LogP contribution in [-0.2, 0) is 17.7 Å². The van der Waals surface area contributed by atoms with Crippen molar-refractivity contribution in [1.82, 2.24) is 9.88 Å². The van der Waals surface area contributed by atoms with Gasteiger partial charge < -0.3 is 23.9 Å². The van der Waals surface area contributed by atoms with Crippen LogP contribution in [0.2, 0.25) is 10.0 Å². The first-order valence-electron chi connectivity index (χ1n) is 11.6. The van der Waals surface area contributed by atoms with Gasteiger partial charge in [0.05, 0.1) is 34.6 Å².